The summed E-state index contributed by atoms with van der Waals surface area (Å²) in [6.45, 7) is 4.42. The first kappa shape index (κ1) is 25.9. The topological polar surface area (TPSA) is 115 Å². The van der Waals surface area contributed by atoms with Crippen molar-refractivity contribution in [1.82, 2.24) is 25.4 Å². The molecule has 0 aliphatic rings. The molecule has 35 heavy (non-hydrogen) atoms. The number of pyridine rings is 1. The summed E-state index contributed by atoms with van der Waals surface area (Å²) in [7, 11) is 0. The average Bonchev–Trinajstić information content (AvgIpc) is 2.85. The van der Waals surface area contributed by atoms with Crippen LogP contribution in [-0.4, -0.2) is 39.7 Å². The van der Waals surface area contributed by atoms with Crippen LogP contribution in [0.1, 0.15) is 29.3 Å². The fourth-order valence-electron chi connectivity index (χ4n) is 3.39. The highest BCUT2D eigenvalue weighted by Crippen LogP contribution is 2.23. The summed E-state index contributed by atoms with van der Waals surface area (Å²) in [5, 5.41) is 10.1. The average molecular weight is 498 g/mol. The molecule has 3 aromatic rings. The van der Waals surface area contributed by atoms with Gasteiger partial charge in [-0.15, -0.1) is 0 Å². The molecule has 9 nitrogen and oxygen atoms in total. The van der Waals surface area contributed by atoms with E-state index in [1.165, 1.54) is 4.68 Å². The smallest absolute Gasteiger partial charge is 0.270 e. The molecule has 2 heterocycles. The van der Waals surface area contributed by atoms with Crippen molar-refractivity contribution in [3.63, 3.8) is 0 Å². The van der Waals surface area contributed by atoms with Crippen LogP contribution in [0.25, 0.3) is 0 Å². The van der Waals surface area contributed by atoms with Crippen molar-refractivity contribution in [3.05, 3.63) is 86.6 Å². The van der Waals surface area contributed by atoms with Crippen LogP contribution in [0, 0.1) is 6.92 Å². The van der Waals surface area contributed by atoms with Crippen LogP contribution in [0.15, 0.2) is 53.6 Å². The number of hydrogen-bond donors (Lipinski definition) is 2. The van der Waals surface area contributed by atoms with Gasteiger partial charge in [-0.05, 0) is 49.7 Å². The Hall–Kier alpha value is -3.72. The highest BCUT2D eigenvalue weighted by Gasteiger charge is 2.15. The number of aryl methyl sites for hydroxylation is 3. The zero-order valence-corrected chi connectivity index (χ0v) is 20.5. The Balaban J connectivity index is 1.64. The van der Waals surface area contributed by atoms with Gasteiger partial charge in [0.05, 0.1) is 19.2 Å². The lowest BCUT2D eigenvalue weighted by Gasteiger charge is -2.13. The van der Waals surface area contributed by atoms with E-state index in [2.05, 4.69) is 20.7 Å². The molecule has 2 N–H and O–H groups in total. The number of benzene rings is 1. The number of amides is 2. The Morgan fingerprint density at radius 3 is 2.71 bits per heavy atom. The van der Waals surface area contributed by atoms with Gasteiger partial charge in [0.2, 0.25) is 5.91 Å². The van der Waals surface area contributed by atoms with Gasteiger partial charge in [-0.25, -0.2) is 4.68 Å². The minimum absolute atomic E-state index is 0.0908. The number of nitrogens with zero attached hydrogens (tertiary/aromatic N) is 3. The Kier molecular flexibility index (Phi) is 9.37. The summed E-state index contributed by atoms with van der Waals surface area (Å²) in [5.74, 6) is -0.134. The molecule has 0 aliphatic carbocycles. The molecule has 0 saturated carbocycles. The van der Waals surface area contributed by atoms with E-state index < -0.39 is 0 Å². The second-order valence-electron chi connectivity index (χ2n) is 7.85. The third-order valence-corrected chi connectivity index (χ3v) is 5.47. The maximum Gasteiger partial charge on any atom is 0.270 e. The molecule has 0 bridgehead atoms. The number of ether oxygens (including phenoxy) is 1. The highest BCUT2D eigenvalue weighted by atomic mass is 35.5. The van der Waals surface area contributed by atoms with Crippen molar-refractivity contribution in [2.24, 2.45) is 0 Å². The largest absolute Gasteiger partial charge is 0.483 e. The van der Waals surface area contributed by atoms with Gasteiger partial charge in [-0.2, -0.15) is 5.10 Å². The molecule has 10 heteroatoms. The van der Waals surface area contributed by atoms with Crippen molar-refractivity contribution in [2.75, 3.05) is 13.2 Å². The van der Waals surface area contributed by atoms with Gasteiger partial charge < -0.3 is 15.4 Å². The van der Waals surface area contributed by atoms with E-state index in [0.717, 1.165) is 5.69 Å². The zero-order chi connectivity index (χ0) is 25.2. The molecule has 184 valence electrons. The normalized spacial score (nSPS) is 10.6. The second kappa shape index (κ2) is 12.7. The van der Waals surface area contributed by atoms with E-state index in [1.54, 1.807) is 37.5 Å². The lowest BCUT2D eigenvalue weighted by Crippen LogP contribution is -2.32. The van der Waals surface area contributed by atoms with E-state index in [0.29, 0.717) is 47.0 Å². The summed E-state index contributed by atoms with van der Waals surface area (Å²) >= 11 is 6.10. The second-order valence-corrected chi connectivity index (χ2v) is 8.29. The lowest BCUT2D eigenvalue weighted by molar-refractivity contribution is -0.123. The third kappa shape index (κ3) is 7.65. The Bertz CT molecular complexity index is 1230. The first-order chi connectivity index (χ1) is 16.9. The quantitative estimate of drug-likeness (QED) is 0.419. The molecule has 2 aromatic heterocycles. The van der Waals surface area contributed by atoms with Crippen molar-refractivity contribution in [2.45, 2.75) is 39.8 Å². The summed E-state index contributed by atoms with van der Waals surface area (Å²) in [5.41, 5.74) is 2.21. The standard InChI is InChI=1S/C25H28ClN5O4/c1-3-27-24(33)16-35-22-8-7-19(26)12-18(22)15-29-23(32)13-21-17(2)14-30-31(25(21)34)11-9-20-6-4-5-10-28-20/h4-8,10,12,14H,3,9,11,13,15-16H2,1-2H3,(H,27,33)(H,29,32). The summed E-state index contributed by atoms with van der Waals surface area (Å²) in [6.07, 6.45) is 3.75. The molecule has 0 saturated heterocycles. The monoisotopic (exact) mass is 497 g/mol. The van der Waals surface area contributed by atoms with Gasteiger partial charge in [0.25, 0.3) is 11.5 Å². The number of halogens is 1. The maximum absolute atomic E-state index is 12.9. The Morgan fingerprint density at radius 1 is 1.14 bits per heavy atom. The summed E-state index contributed by atoms with van der Waals surface area (Å²) in [6, 6.07) is 10.6. The van der Waals surface area contributed by atoms with Crippen molar-refractivity contribution in [1.29, 1.82) is 0 Å². The number of nitrogens with one attached hydrogen (secondary N) is 2. The van der Waals surface area contributed by atoms with Gasteiger partial charge in [0.15, 0.2) is 6.61 Å². The predicted octanol–water partition coefficient (Wildman–Crippen LogP) is 2.22. The van der Waals surface area contributed by atoms with E-state index in [1.807, 2.05) is 25.1 Å². The van der Waals surface area contributed by atoms with Gasteiger partial charge in [-0.3, -0.25) is 19.4 Å². The van der Waals surface area contributed by atoms with E-state index in [-0.39, 0.29) is 36.9 Å². The van der Waals surface area contributed by atoms with Crippen LogP contribution in [0.2, 0.25) is 5.02 Å². The first-order valence-corrected chi connectivity index (χ1v) is 11.6. The van der Waals surface area contributed by atoms with Gasteiger partial charge in [0.1, 0.15) is 5.75 Å². The Labute approximate surface area is 208 Å². The predicted molar refractivity (Wildman–Crippen MR) is 132 cm³/mol. The van der Waals surface area contributed by atoms with Crippen LogP contribution in [0.5, 0.6) is 5.75 Å². The molecule has 2 amide bonds. The van der Waals surface area contributed by atoms with E-state index in [9.17, 15) is 14.4 Å². The highest BCUT2D eigenvalue weighted by molar-refractivity contribution is 6.30. The first-order valence-electron chi connectivity index (χ1n) is 11.3. The molecule has 0 spiro atoms. The van der Waals surface area contributed by atoms with Crippen molar-refractivity contribution >= 4 is 23.4 Å². The number of likely N-dealkylation sites (N-methyl/N-ethyl adjacent to an activating group) is 1. The lowest BCUT2D eigenvalue weighted by atomic mass is 10.1. The van der Waals surface area contributed by atoms with E-state index in [4.69, 9.17) is 16.3 Å². The number of aromatic nitrogens is 3. The van der Waals surface area contributed by atoms with Crippen molar-refractivity contribution < 1.29 is 14.3 Å². The van der Waals surface area contributed by atoms with Crippen LogP contribution in [0.4, 0.5) is 0 Å². The maximum atomic E-state index is 12.9. The fraction of sp³-hybridized carbons (Fsp3) is 0.320. The van der Waals surface area contributed by atoms with Crippen LogP contribution in [-0.2, 0) is 35.5 Å². The minimum atomic E-state index is -0.331. The molecular formula is C25H28ClN5O4. The molecule has 0 aliphatic heterocycles. The van der Waals surface area contributed by atoms with Crippen LogP contribution >= 0.6 is 11.6 Å². The SMILES string of the molecule is CCNC(=O)COc1ccc(Cl)cc1CNC(=O)Cc1c(C)cnn(CCc2ccccn2)c1=O. The van der Waals surface area contributed by atoms with Gasteiger partial charge >= 0.3 is 0 Å². The summed E-state index contributed by atoms with van der Waals surface area (Å²) in [4.78, 5) is 41.6. The molecule has 0 fully saturated rings. The molecular weight excluding hydrogens is 470 g/mol. The third-order valence-electron chi connectivity index (χ3n) is 5.23. The minimum Gasteiger partial charge on any atom is -0.483 e. The number of carbonyl (C=O) groups excluding carboxylic acids is 2. The fourth-order valence-corrected chi connectivity index (χ4v) is 3.58. The molecule has 0 atom stereocenters. The number of hydrogen-bond acceptors (Lipinski definition) is 6. The van der Waals surface area contributed by atoms with E-state index >= 15 is 0 Å². The molecule has 1 aromatic carbocycles. The van der Waals surface area contributed by atoms with Crippen LogP contribution < -0.4 is 20.9 Å². The number of carbonyl (C=O) groups is 2. The summed E-state index contributed by atoms with van der Waals surface area (Å²) < 4.78 is 6.94. The molecule has 3 rings (SSSR count). The molecule has 0 unspecified atom stereocenters. The zero-order valence-electron chi connectivity index (χ0n) is 19.7. The van der Waals surface area contributed by atoms with Crippen molar-refractivity contribution in [3.8, 4) is 5.75 Å². The van der Waals surface area contributed by atoms with Gasteiger partial charge in [-0.1, -0.05) is 17.7 Å². The number of rotatable bonds is 11. The molecule has 0 radical (unpaired) electrons. The van der Waals surface area contributed by atoms with Crippen LogP contribution in [0.3, 0.4) is 0 Å². The Morgan fingerprint density at radius 2 is 1.97 bits per heavy atom. The van der Waals surface area contributed by atoms with Gasteiger partial charge in [0, 0.05) is 47.6 Å².